The fourth-order valence-electron chi connectivity index (χ4n) is 4.41. The molecular weight excluding hydrogens is 533 g/mol. The molecule has 35 heavy (non-hydrogen) atoms. The number of nitrogens with zero attached hydrogens (tertiary/aromatic N) is 3. The number of amides is 2. The second-order valence-corrected chi connectivity index (χ2v) is 11.9. The zero-order valence-corrected chi connectivity index (χ0v) is 22.4. The molecule has 1 fully saturated rings. The lowest BCUT2D eigenvalue weighted by atomic mass is 10.00. The van der Waals surface area contributed by atoms with Crippen LogP contribution in [0.1, 0.15) is 31.4 Å². The minimum atomic E-state index is -4.18. The molecule has 0 aromatic heterocycles. The summed E-state index contributed by atoms with van der Waals surface area (Å²) in [5.41, 5.74) is 1.18. The van der Waals surface area contributed by atoms with Gasteiger partial charge in [-0.2, -0.15) is 0 Å². The molecule has 0 radical (unpaired) electrons. The SMILES string of the molecule is Cc1cc(Cl)cc(Cl)c1S(=O)(=O)N1CCC(=O)N2C1=CN(C(C)C)C(=O)C2Cc1ccc(Cl)cc1. The van der Waals surface area contributed by atoms with E-state index in [2.05, 4.69) is 0 Å². The van der Waals surface area contributed by atoms with Crippen LogP contribution in [-0.4, -0.2) is 53.0 Å². The fraction of sp³-hybridized carbons (Fsp3) is 0.333. The van der Waals surface area contributed by atoms with Crippen LogP contribution in [0, 0.1) is 6.92 Å². The van der Waals surface area contributed by atoms with E-state index in [1.54, 1.807) is 31.2 Å². The quantitative estimate of drug-likeness (QED) is 0.528. The Morgan fingerprint density at radius 2 is 1.69 bits per heavy atom. The van der Waals surface area contributed by atoms with E-state index >= 15 is 0 Å². The van der Waals surface area contributed by atoms with Gasteiger partial charge in [-0.3, -0.25) is 14.5 Å². The number of hydrogen-bond acceptors (Lipinski definition) is 4. The zero-order valence-electron chi connectivity index (χ0n) is 19.3. The van der Waals surface area contributed by atoms with Crippen molar-refractivity contribution in [2.45, 2.75) is 50.6 Å². The highest BCUT2D eigenvalue weighted by atomic mass is 35.5. The maximum Gasteiger partial charge on any atom is 0.267 e. The summed E-state index contributed by atoms with van der Waals surface area (Å²) in [6.07, 6.45) is 1.57. The normalized spacial score (nSPS) is 18.8. The van der Waals surface area contributed by atoms with Gasteiger partial charge in [0.15, 0.2) is 0 Å². The van der Waals surface area contributed by atoms with Gasteiger partial charge in [-0.15, -0.1) is 0 Å². The molecule has 186 valence electrons. The second-order valence-electron chi connectivity index (χ2n) is 8.80. The summed E-state index contributed by atoms with van der Waals surface area (Å²) in [5.74, 6) is -0.483. The number of halogens is 3. The monoisotopic (exact) mass is 555 g/mol. The number of hydrogen-bond donors (Lipinski definition) is 0. The van der Waals surface area contributed by atoms with Gasteiger partial charge in [0.25, 0.3) is 10.0 Å². The minimum Gasteiger partial charge on any atom is -0.311 e. The van der Waals surface area contributed by atoms with Crippen molar-refractivity contribution in [3.05, 3.63) is 74.6 Å². The molecule has 0 aliphatic carbocycles. The topological polar surface area (TPSA) is 78.0 Å². The lowest BCUT2D eigenvalue weighted by Crippen LogP contribution is -2.61. The highest BCUT2D eigenvalue weighted by Crippen LogP contribution is 2.37. The van der Waals surface area contributed by atoms with E-state index in [-0.39, 0.29) is 53.0 Å². The van der Waals surface area contributed by atoms with Gasteiger partial charge in [-0.1, -0.05) is 46.9 Å². The maximum absolute atomic E-state index is 13.9. The lowest BCUT2D eigenvalue weighted by molar-refractivity contribution is -0.148. The summed E-state index contributed by atoms with van der Waals surface area (Å²) < 4.78 is 28.9. The first-order valence-corrected chi connectivity index (χ1v) is 13.6. The van der Waals surface area contributed by atoms with E-state index < -0.39 is 16.1 Å². The number of aryl methyl sites for hydroxylation is 1. The molecule has 2 heterocycles. The van der Waals surface area contributed by atoms with Crippen LogP contribution in [0.2, 0.25) is 15.1 Å². The fourth-order valence-corrected chi connectivity index (χ4v) is 7.12. The molecule has 2 amide bonds. The van der Waals surface area contributed by atoms with Crippen molar-refractivity contribution < 1.29 is 18.0 Å². The number of sulfonamides is 1. The highest BCUT2D eigenvalue weighted by molar-refractivity contribution is 7.89. The predicted molar refractivity (Wildman–Crippen MR) is 136 cm³/mol. The molecule has 0 bridgehead atoms. The number of carbonyl (C=O) groups is 2. The molecule has 1 atom stereocenters. The Bertz CT molecular complexity index is 1300. The van der Waals surface area contributed by atoms with Crippen LogP contribution in [-0.2, 0) is 26.0 Å². The molecule has 1 unspecified atom stereocenters. The smallest absolute Gasteiger partial charge is 0.267 e. The van der Waals surface area contributed by atoms with Gasteiger partial charge >= 0.3 is 0 Å². The van der Waals surface area contributed by atoms with Gasteiger partial charge in [0.2, 0.25) is 11.8 Å². The minimum absolute atomic E-state index is 0.00985. The molecule has 11 heteroatoms. The Morgan fingerprint density at radius 1 is 1.03 bits per heavy atom. The first-order chi connectivity index (χ1) is 16.4. The van der Waals surface area contributed by atoms with E-state index in [1.165, 1.54) is 28.1 Å². The summed E-state index contributed by atoms with van der Waals surface area (Å²) in [5, 5.41) is 0.859. The summed E-state index contributed by atoms with van der Waals surface area (Å²) in [6, 6.07) is 8.72. The molecular formula is C24H24Cl3N3O4S. The van der Waals surface area contributed by atoms with Crippen LogP contribution in [0.4, 0.5) is 0 Å². The van der Waals surface area contributed by atoms with Crippen molar-refractivity contribution in [2.24, 2.45) is 0 Å². The van der Waals surface area contributed by atoms with Crippen LogP contribution in [0.3, 0.4) is 0 Å². The molecule has 2 aliphatic heterocycles. The Balaban J connectivity index is 1.83. The number of carbonyl (C=O) groups excluding carboxylic acids is 2. The molecule has 1 saturated heterocycles. The van der Waals surface area contributed by atoms with Crippen LogP contribution in [0.5, 0.6) is 0 Å². The Labute approximate surface area is 219 Å². The summed E-state index contributed by atoms with van der Waals surface area (Å²) in [7, 11) is -4.18. The average molecular weight is 557 g/mol. The third kappa shape index (κ3) is 4.77. The molecule has 0 spiro atoms. The molecule has 0 N–H and O–H groups in total. The molecule has 4 rings (SSSR count). The highest BCUT2D eigenvalue weighted by Gasteiger charge is 2.47. The van der Waals surface area contributed by atoms with Crippen LogP contribution in [0.15, 0.2) is 53.3 Å². The van der Waals surface area contributed by atoms with Gasteiger partial charge in [0.1, 0.15) is 16.8 Å². The first kappa shape index (κ1) is 25.8. The lowest BCUT2D eigenvalue weighted by Gasteiger charge is -2.47. The van der Waals surface area contributed by atoms with Gasteiger partial charge in [0, 0.05) is 41.7 Å². The van der Waals surface area contributed by atoms with Crippen LogP contribution in [0.25, 0.3) is 0 Å². The Hall–Kier alpha value is -2.26. The summed E-state index contributed by atoms with van der Waals surface area (Å²) in [6.45, 7) is 5.19. The Morgan fingerprint density at radius 3 is 2.29 bits per heavy atom. The second kappa shape index (κ2) is 9.65. The third-order valence-electron chi connectivity index (χ3n) is 6.05. The van der Waals surface area contributed by atoms with Crippen molar-refractivity contribution in [1.29, 1.82) is 0 Å². The van der Waals surface area contributed by atoms with Crippen LogP contribution >= 0.6 is 34.8 Å². The van der Waals surface area contributed by atoms with E-state index in [0.717, 1.165) is 9.87 Å². The first-order valence-electron chi connectivity index (χ1n) is 11.0. The average Bonchev–Trinajstić information content (AvgIpc) is 2.75. The van der Waals surface area contributed by atoms with Crippen molar-refractivity contribution >= 4 is 56.6 Å². The standard InChI is InChI=1S/C24H24Cl3N3O4S/c1-14(2)28-13-21-29(35(33,34)23-15(3)10-18(26)12-19(23)27)9-8-22(31)30(21)20(24(28)32)11-16-4-6-17(25)7-5-16/h4-7,10,12-14,20H,8-9,11H2,1-3H3. The van der Waals surface area contributed by atoms with Gasteiger partial charge < -0.3 is 4.90 Å². The zero-order chi connectivity index (χ0) is 25.7. The number of fused-ring (bicyclic) bond motifs is 1. The molecule has 2 aliphatic rings. The van der Waals surface area contributed by atoms with E-state index in [0.29, 0.717) is 15.6 Å². The molecule has 0 saturated carbocycles. The number of benzene rings is 2. The summed E-state index contributed by atoms with van der Waals surface area (Å²) in [4.78, 5) is 29.3. The van der Waals surface area contributed by atoms with E-state index in [9.17, 15) is 18.0 Å². The van der Waals surface area contributed by atoms with Gasteiger partial charge in [0.05, 0.1) is 5.02 Å². The molecule has 2 aromatic carbocycles. The van der Waals surface area contributed by atoms with Crippen LogP contribution < -0.4 is 0 Å². The van der Waals surface area contributed by atoms with Gasteiger partial charge in [-0.05, 0) is 56.2 Å². The summed E-state index contributed by atoms with van der Waals surface area (Å²) >= 11 is 18.4. The number of rotatable bonds is 5. The van der Waals surface area contributed by atoms with Crippen molar-refractivity contribution in [3.63, 3.8) is 0 Å². The third-order valence-corrected chi connectivity index (χ3v) is 8.93. The van der Waals surface area contributed by atoms with Crippen molar-refractivity contribution in [2.75, 3.05) is 6.54 Å². The van der Waals surface area contributed by atoms with Crippen molar-refractivity contribution in [3.8, 4) is 0 Å². The maximum atomic E-state index is 13.9. The Kier molecular flexibility index (Phi) is 7.12. The van der Waals surface area contributed by atoms with Gasteiger partial charge in [-0.25, -0.2) is 12.7 Å². The van der Waals surface area contributed by atoms with E-state index in [4.69, 9.17) is 34.8 Å². The van der Waals surface area contributed by atoms with E-state index in [1.807, 2.05) is 13.8 Å². The molecule has 2 aromatic rings. The van der Waals surface area contributed by atoms with Crippen molar-refractivity contribution in [1.82, 2.24) is 14.1 Å². The molecule has 7 nitrogen and oxygen atoms in total. The largest absolute Gasteiger partial charge is 0.311 e. The predicted octanol–water partition coefficient (Wildman–Crippen LogP) is 4.84.